The maximum absolute atomic E-state index is 10.2. The van der Waals surface area contributed by atoms with Gasteiger partial charge in [-0.3, -0.25) is 0 Å². The van der Waals surface area contributed by atoms with Gasteiger partial charge in [0.25, 0.3) is 0 Å². The molecular weight excluding hydrogens is 550 g/mol. The maximum Gasteiger partial charge on any atom is 0.107 e. The fraction of sp³-hybridized carbons (Fsp3) is 0.0769. The molecule has 4 rings (SSSR count). The standard InChI is InChI=1S/C13H9BrCl2.C13H10Cl2O/c14-13(9-5-1-3-7-11(9)15)10-6-2-4-8-12(10)16;14-11-7-3-1-5-9(11)13(16)10-6-2-4-8-12(10)15/h1-8,13H;1-8,13,16H. The molecular formula is C26H19BrCl4O. The lowest BCUT2D eigenvalue weighted by atomic mass is 10.0. The van der Waals surface area contributed by atoms with E-state index < -0.39 is 6.10 Å². The quantitative estimate of drug-likeness (QED) is 0.243. The highest BCUT2D eigenvalue weighted by atomic mass is 79.9. The fourth-order valence-electron chi connectivity index (χ4n) is 3.09. The Morgan fingerprint density at radius 3 is 1.00 bits per heavy atom. The average Bonchev–Trinajstić information content (AvgIpc) is 2.80. The molecule has 0 aliphatic carbocycles. The Labute approximate surface area is 216 Å². The van der Waals surface area contributed by atoms with Crippen LogP contribution in [0.4, 0.5) is 0 Å². The van der Waals surface area contributed by atoms with E-state index >= 15 is 0 Å². The molecule has 4 aromatic rings. The summed E-state index contributed by atoms with van der Waals surface area (Å²) in [6.45, 7) is 0. The van der Waals surface area contributed by atoms with Gasteiger partial charge in [0.1, 0.15) is 6.10 Å². The lowest BCUT2D eigenvalue weighted by Crippen LogP contribution is -2.00. The second-order valence-corrected chi connectivity index (χ2v) is 9.40. The lowest BCUT2D eigenvalue weighted by Gasteiger charge is -2.14. The number of hydrogen-bond donors (Lipinski definition) is 1. The van der Waals surface area contributed by atoms with E-state index in [0.29, 0.717) is 21.2 Å². The van der Waals surface area contributed by atoms with Crippen LogP contribution in [-0.2, 0) is 0 Å². The first-order valence-corrected chi connectivity index (χ1v) is 12.1. The molecule has 0 unspecified atom stereocenters. The summed E-state index contributed by atoms with van der Waals surface area (Å²) in [7, 11) is 0. The van der Waals surface area contributed by atoms with Crippen molar-refractivity contribution >= 4 is 62.3 Å². The normalized spacial score (nSPS) is 10.8. The van der Waals surface area contributed by atoms with Crippen molar-refractivity contribution in [1.82, 2.24) is 0 Å². The molecule has 164 valence electrons. The SMILES string of the molecule is Clc1ccccc1C(Br)c1ccccc1Cl.OC(c1ccccc1Cl)c1ccccc1Cl. The van der Waals surface area contributed by atoms with Gasteiger partial charge in [-0.2, -0.15) is 0 Å². The fourth-order valence-corrected chi connectivity index (χ4v) is 5.12. The highest BCUT2D eigenvalue weighted by molar-refractivity contribution is 9.09. The van der Waals surface area contributed by atoms with E-state index in [0.717, 1.165) is 21.2 Å². The molecule has 0 saturated carbocycles. The molecule has 0 bridgehead atoms. The van der Waals surface area contributed by atoms with Gasteiger partial charge in [0, 0.05) is 31.2 Å². The molecule has 1 nitrogen and oxygen atoms in total. The lowest BCUT2D eigenvalue weighted by molar-refractivity contribution is 0.220. The van der Waals surface area contributed by atoms with Crippen LogP contribution in [-0.4, -0.2) is 5.11 Å². The molecule has 0 aliphatic heterocycles. The molecule has 1 N–H and O–H groups in total. The smallest absolute Gasteiger partial charge is 0.107 e. The Balaban J connectivity index is 0.000000181. The van der Waals surface area contributed by atoms with Crippen molar-refractivity contribution in [3.63, 3.8) is 0 Å². The van der Waals surface area contributed by atoms with Crippen LogP contribution in [0.25, 0.3) is 0 Å². The second kappa shape index (κ2) is 12.1. The van der Waals surface area contributed by atoms with Gasteiger partial charge in [-0.25, -0.2) is 0 Å². The Kier molecular flexibility index (Phi) is 9.48. The summed E-state index contributed by atoms with van der Waals surface area (Å²) in [5.41, 5.74) is 3.38. The van der Waals surface area contributed by atoms with E-state index in [9.17, 15) is 5.11 Å². The summed E-state index contributed by atoms with van der Waals surface area (Å²) >= 11 is 28.0. The van der Waals surface area contributed by atoms with Gasteiger partial charge >= 0.3 is 0 Å². The number of aliphatic hydroxyl groups excluding tert-OH is 1. The minimum atomic E-state index is -0.789. The van der Waals surface area contributed by atoms with Crippen molar-refractivity contribution in [3.05, 3.63) is 139 Å². The van der Waals surface area contributed by atoms with Gasteiger partial charge in [0.05, 0.1) is 4.83 Å². The largest absolute Gasteiger partial charge is 0.384 e. The number of halogens is 5. The van der Waals surface area contributed by atoms with E-state index in [1.165, 1.54) is 0 Å². The van der Waals surface area contributed by atoms with Crippen LogP contribution < -0.4 is 0 Å². The van der Waals surface area contributed by atoms with Gasteiger partial charge in [-0.1, -0.05) is 135 Å². The molecule has 6 heteroatoms. The third kappa shape index (κ3) is 6.29. The predicted molar refractivity (Wildman–Crippen MR) is 141 cm³/mol. The molecule has 0 aromatic heterocycles. The summed E-state index contributed by atoms with van der Waals surface area (Å²) in [6, 6.07) is 29.9. The maximum atomic E-state index is 10.2. The van der Waals surface area contributed by atoms with Crippen LogP contribution in [0, 0.1) is 0 Å². The Bertz CT molecular complexity index is 998. The van der Waals surface area contributed by atoms with Crippen LogP contribution in [0.2, 0.25) is 20.1 Å². The van der Waals surface area contributed by atoms with Crippen molar-refractivity contribution in [2.45, 2.75) is 10.9 Å². The molecule has 4 aromatic carbocycles. The van der Waals surface area contributed by atoms with Crippen molar-refractivity contribution in [2.24, 2.45) is 0 Å². The van der Waals surface area contributed by atoms with Crippen LogP contribution in [0.1, 0.15) is 33.2 Å². The zero-order valence-electron chi connectivity index (χ0n) is 16.7. The first-order valence-electron chi connectivity index (χ1n) is 9.70. The van der Waals surface area contributed by atoms with Crippen molar-refractivity contribution < 1.29 is 5.11 Å². The predicted octanol–water partition coefficient (Wildman–Crippen LogP) is 9.55. The zero-order chi connectivity index (χ0) is 23.1. The summed E-state index contributed by atoms with van der Waals surface area (Å²) in [5, 5.41) is 12.7. The number of alkyl halides is 1. The molecule has 0 spiro atoms. The minimum Gasteiger partial charge on any atom is -0.384 e. The van der Waals surface area contributed by atoms with E-state index in [1.54, 1.807) is 24.3 Å². The van der Waals surface area contributed by atoms with Gasteiger partial charge in [0.15, 0.2) is 0 Å². The molecule has 0 aliphatic rings. The van der Waals surface area contributed by atoms with Crippen LogP contribution in [0.3, 0.4) is 0 Å². The molecule has 0 radical (unpaired) electrons. The highest BCUT2D eigenvalue weighted by Gasteiger charge is 2.16. The van der Waals surface area contributed by atoms with Crippen LogP contribution in [0.5, 0.6) is 0 Å². The van der Waals surface area contributed by atoms with Crippen molar-refractivity contribution in [3.8, 4) is 0 Å². The molecule has 0 saturated heterocycles. The van der Waals surface area contributed by atoms with E-state index in [-0.39, 0.29) is 4.83 Å². The van der Waals surface area contributed by atoms with Gasteiger partial charge < -0.3 is 5.11 Å². The zero-order valence-corrected chi connectivity index (χ0v) is 21.3. The Morgan fingerprint density at radius 1 is 0.469 bits per heavy atom. The van der Waals surface area contributed by atoms with E-state index in [4.69, 9.17) is 46.4 Å². The van der Waals surface area contributed by atoms with Crippen molar-refractivity contribution in [2.75, 3.05) is 0 Å². The monoisotopic (exact) mass is 566 g/mol. The number of benzene rings is 4. The second-order valence-electron chi connectivity index (χ2n) is 6.85. The Hall–Kier alpha value is -1.52. The molecule has 0 fully saturated rings. The summed E-state index contributed by atoms with van der Waals surface area (Å²) in [6.07, 6.45) is -0.789. The minimum absolute atomic E-state index is 0.0231. The van der Waals surface area contributed by atoms with Gasteiger partial charge in [0.2, 0.25) is 0 Å². The van der Waals surface area contributed by atoms with Crippen LogP contribution in [0.15, 0.2) is 97.1 Å². The van der Waals surface area contributed by atoms with Gasteiger partial charge in [-0.15, -0.1) is 0 Å². The third-order valence-electron chi connectivity index (χ3n) is 4.76. The number of hydrogen-bond acceptors (Lipinski definition) is 1. The summed E-state index contributed by atoms with van der Waals surface area (Å²) < 4.78 is 0. The topological polar surface area (TPSA) is 20.2 Å². The third-order valence-corrected chi connectivity index (χ3v) is 7.12. The van der Waals surface area contributed by atoms with E-state index in [1.807, 2.05) is 72.8 Å². The number of aliphatic hydroxyl groups is 1. The first-order chi connectivity index (χ1) is 15.4. The summed E-state index contributed by atoms with van der Waals surface area (Å²) in [5.74, 6) is 0. The first kappa shape index (κ1) is 25.1. The highest BCUT2D eigenvalue weighted by Crippen LogP contribution is 2.38. The molecule has 0 amide bonds. The van der Waals surface area contributed by atoms with Gasteiger partial charge in [-0.05, 0) is 35.4 Å². The average molecular weight is 569 g/mol. The molecule has 32 heavy (non-hydrogen) atoms. The molecule has 0 heterocycles. The van der Waals surface area contributed by atoms with Crippen LogP contribution >= 0.6 is 62.3 Å². The Morgan fingerprint density at radius 2 is 0.719 bits per heavy atom. The van der Waals surface area contributed by atoms with E-state index in [2.05, 4.69) is 15.9 Å². The van der Waals surface area contributed by atoms with Crippen molar-refractivity contribution in [1.29, 1.82) is 0 Å². The molecule has 0 atom stereocenters. The summed E-state index contributed by atoms with van der Waals surface area (Å²) in [4.78, 5) is 0.0231. The number of rotatable bonds is 4.